The number of fused-ring (bicyclic) bond motifs is 1. The Morgan fingerprint density at radius 1 is 1.11 bits per heavy atom. The maximum absolute atomic E-state index is 12.1. The van der Waals surface area contributed by atoms with Gasteiger partial charge in [-0.2, -0.15) is 5.10 Å². The van der Waals surface area contributed by atoms with Crippen LogP contribution in [-0.2, 0) is 11.2 Å². The Kier molecular flexibility index (Phi) is 6.24. The van der Waals surface area contributed by atoms with Crippen molar-refractivity contribution in [1.82, 2.24) is 5.43 Å². The summed E-state index contributed by atoms with van der Waals surface area (Å²) in [4.78, 5) is 12.1. The summed E-state index contributed by atoms with van der Waals surface area (Å²) in [5, 5.41) is 6.28. The highest BCUT2D eigenvalue weighted by molar-refractivity contribution is 9.10. The molecule has 3 rings (SSSR count). The van der Waals surface area contributed by atoms with Crippen molar-refractivity contribution in [3.8, 4) is 5.75 Å². The van der Waals surface area contributed by atoms with Gasteiger partial charge in [0.2, 0.25) is 5.91 Å². The van der Waals surface area contributed by atoms with Crippen LogP contribution in [0, 0.1) is 0 Å². The Balaban J connectivity index is 1.78. The lowest BCUT2D eigenvalue weighted by Gasteiger charge is -2.14. The number of carbonyl (C=O) groups is 1. The van der Waals surface area contributed by atoms with Crippen molar-refractivity contribution in [3.05, 3.63) is 76.3 Å². The fourth-order valence-electron chi connectivity index (χ4n) is 2.76. The summed E-state index contributed by atoms with van der Waals surface area (Å²) in [5.74, 6) is 0.578. The number of hydrogen-bond donors (Lipinski definition) is 1. The number of rotatable bonds is 6. The van der Waals surface area contributed by atoms with Crippen molar-refractivity contribution in [1.29, 1.82) is 0 Å². The molecule has 0 heterocycles. The SMILES string of the molecule is CC(C)Oc1ccc2ccccc2c1/C=N\NC(=O)Cc1ccc(Br)cc1. The first-order valence-electron chi connectivity index (χ1n) is 8.77. The lowest BCUT2D eigenvalue weighted by Crippen LogP contribution is -2.19. The van der Waals surface area contributed by atoms with Gasteiger partial charge in [-0.1, -0.05) is 58.4 Å². The Hall–Kier alpha value is -2.66. The highest BCUT2D eigenvalue weighted by Crippen LogP contribution is 2.27. The third-order valence-corrected chi connectivity index (χ3v) is 4.48. The van der Waals surface area contributed by atoms with Crippen LogP contribution in [0.3, 0.4) is 0 Å². The number of hydrazone groups is 1. The van der Waals surface area contributed by atoms with E-state index in [1.165, 1.54) is 0 Å². The number of carbonyl (C=O) groups excluding carboxylic acids is 1. The van der Waals surface area contributed by atoms with Gasteiger partial charge in [0.05, 0.1) is 18.7 Å². The fourth-order valence-corrected chi connectivity index (χ4v) is 3.03. The molecule has 0 aliphatic heterocycles. The molecule has 1 amide bonds. The van der Waals surface area contributed by atoms with Crippen LogP contribution < -0.4 is 10.2 Å². The first-order valence-corrected chi connectivity index (χ1v) is 9.57. The molecule has 0 saturated carbocycles. The Bertz CT molecular complexity index is 966. The smallest absolute Gasteiger partial charge is 0.244 e. The largest absolute Gasteiger partial charge is 0.490 e. The molecule has 0 unspecified atom stereocenters. The highest BCUT2D eigenvalue weighted by atomic mass is 79.9. The van der Waals surface area contributed by atoms with E-state index in [1.807, 2.05) is 74.5 Å². The van der Waals surface area contributed by atoms with Gasteiger partial charge in [0.1, 0.15) is 5.75 Å². The van der Waals surface area contributed by atoms with Crippen molar-refractivity contribution in [3.63, 3.8) is 0 Å². The number of ether oxygens (including phenoxy) is 1. The number of nitrogens with zero attached hydrogens (tertiary/aromatic N) is 1. The topological polar surface area (TPSA) is 50.7 Å². The second-order valence-corrected chi connectivity index (χ2v) is 7.38. The van der Waals surface area contributed by atoms with E-state index in [9.17, 15) is 4.79 Å². The lowest BCUT2D eigenvalue weighted by molar-refractivity contribution is -0.120. The molecule has 3 aromatic rings. The van der Waals surface area contributed by atoms with Crippen LogP contribution in [0.5, 0.6) is 5.75 Å². The Labute approximate surface area is 167 Å². The van der Waals surface area contributed by atoms with Crippen LogP contribution in [0.4, 0.5) is 0 Å². The van der Waals surface area contributed by atoms with Gasteiger partial charge in [-0.25, -0.2) is 5.43 Å². The molecule has 0 bridgehead atoms. The van der Waals surface area contributed by atoms with Crippen molar-refractivity contribution in [2.75, 3.05) is 0 Å². The molecule has 0 atom stereocenters. The monoisotopic (exact) mass is 424 g/mol. The molecular formula is C22H21BrN2O2. The van der Waals surface area contributed by atoms with Gasteiger partial charge in [0, 0.05) is 10.0 Å². The normalized spacial score (nSPS) is 11.3. The van der Waals surface area contributed by atoms with Gasteiger partial charge in [0.15, 0.2) is 0 Å². The fraction of sp³-hybridized carbons (Fsp3) is 0.182. The number of amides is 1. The maximum Gasteiger partial charge on any atom is 0.244 e. The summed E-state index contributed by atoms with van der Waals surface area (Å²) in [6.07, 6.45) is 1.97. The molecule has 0 aliphatic carbocycles. The maximum atomic E-state index is 12.1. The van der Waals surface area contributed by atoms with E-state index in [2.05, 4.69) is 26.5 Å². The van der Waals surface area contributed by atoms with E-state index < -0.39 is 0 Å². The summed E-state index contributed by atoms with van der Waals surface area (Å²) in [5.41, 5.74) is 4.39. The minimum Gasteiger partial charge on any atom is -0.490 e. The molecule has 27 heavy (non-hydrogen) atoms. The summed E-state index contributed by atoms with van der Waals surface area (Å²) in [6.45, 7) is 3.96. The third kappa shape index (κ3) is 5.17. The van der Waals surface area contributed by atoms with Crippen LogP contribution in [-0.4, -0.2) is 18.2 Å². The molecule has 3 aromatic carbocycles. The van der Waals surface area contributed by atoms with Crippen LogP contribution in [0.25, 0.3) is 10.8 Å². The van der Waals surface area contributed by atoms with Gasteiger partial charge < -0.3 is 4.74 Å². The van der Waals surface area contributed by atoms with Crippen LogP contribution in [0.1, 0.15) is 25.0 Å². The average molecular weight is 425 g/mol. The zero-order valence-corrected chi connectivity index (χ0v) is 16.9. The number of hydrogen-bond acceptors (Lipinski definition) is 3. The summed E-state index contributed by atoms with van der Waals surface area (Å²) >= 11 is 3.39. The molecule has 4 nitrogen and oxygen atoms in total. The predicted octanol–water partition coefficient (Wildman–Crippen LogP) is 5.08. The predicted molar refractivity (Wildman–Crippen MR) is 113 cm³/mol. The van der Waals surface area contributed by atoms with Crippen molar-refractivity contribution < 1.29 is 9.53 Å². The number of nitrogens with one attached hydrogen (secondary N) is 1. The standard InChI is InChI=1S/C22H21BrN2O2/c1-15(2)27-21-12-9-17-5-3-4-6-19(17)20(21)14-24-25-22(26)13-16-7-10-18(23)11-8-16/h3-12,14-15H,13H2,1-2H3,(H,25,26)/b24-14-. The van der Waals surface area contributed by atoms with Crippen LogP contribution >= 0.6 is 15.9 Å². The summed E-state index contributed by atoms with van der Waals surface area (Å²) in [6, 6.07) is 19.6. The Morgan fingerprint density at radius 3 is 2.59 bits per heavy atom. The third-order valence-electron chi connectivity index (χ3n) is 3.95. The van der Waals surface area contributed by atoms with Crippen LogP contribution in [0.15, 0.2) is 70.2 Å². The minimum atomic E-state index is -0.167. The number of benzene rings is 3. The zero-order chi connectivity index (χ0) is 19.2. The second kappa shape index (κ2) is 8.82. The van der Waals surface area contributed by atoms with Crippen molar-refractivity contribution >= 4 is 38.8 Å². The molecule has 0 aliphatic rings. The molecule has 0 saturated heterocycles. The first kappa shape index (κ1) is 19.1. The summed E-state index contributed by atoms with van der Waals surface area (Å²) < 4.78 is 6.89. The minimum absolute atomic E-state index is 0.0466. The molecule has 0 aromatic heterocycles. The first-order chi connectivity index (χ1) is 13.0. The van der Waals surface area contributed by atoms with Gasteiger partial charge in [-0.3, -0.25) is 4.79 Å². The Morgan fingerprint density at radius 2 is 1.85 bits per heavy atom. The average Bonchev–Trinajstić information content (AvgIpc) is 2.64. The molecule has 0 fully saturated rings. The van der Waals surface area contributed by atoms with E-state index in [-0.39, 0.29) is 18.4 Å². The molecular weight excluding hydrogens is 404 g/mol. The highest BCUT2D eigenvalue weighted by Gasteiger charge is 2.09. The van der Waals surface area contributed by atoms with Gasteiger partial charge >= 0.3 is 0 Å². The molecule has 5 heteroatoms. The number of halogens is 1. The van der Waals surface area contributed by atoms with Gasteiger partial charge in [0.25, 0.3) is 0 Å². The van der Waals surface area contributed by atoms with Crippen LogP contribution in [0.2, 0.25) is 0 Å². The van der Waals surface area contributed by atoms with Crippen molar-refractivity contribution in [2.45, 2.75) is 26.4 Å². The molecule has 138 valence electrons. The van der Waals surface area contributed by atoms with E-state index in [0.29, 0.717) is 0 Å². The summed E-state index contributed by atoms with van der Waals surface area (Å²) in [7, 11) is 0. The van der Waals surface area contributed by atoms with E-state index >= 15 is 0 Å². The van der Waals surface area contributed by atoms with Gasteiger partial charge in [-0.15, -0.1) is 0 Å². The van der Waals surface area contributed by atoms with E-state index in [4.69, 9.17) is 4.74 Å². The zero-order valence-electron chi connectivity index (χ0n) is 15.3. The van der Waals surface area contributed by atoms with Gasteiger partial charge in [-0.05, 0) is 48.4 Å². The second-order valence-electron chi connectivity index (χ2n) is 6.46. The molecule has 0 radical (unpaired) electrons. The van der Waals surface area contributed by atoms with E-state index in [0.717, 1.165) is 32.1 Å². The quantitative estimate of drug-likeness (QED) is 0.442. The lowest BCUT2D eigenvalue weighted by atomic mass is 10.0. The molecule has 1 N–H and O–H groups in total. The van der Waals surface area contributed by atoms with E-state index in [1.54, 1.807) is 6.21 Å². The molecule has 0 spiro atoms. The van der Waals surface area contributed by atoms with Crippen molar-refractivity contribution in [2.24, 2.45) is 5.10 Å².